The number of hydrogen-bond donors (Lipinski definition) is 1. The molecule has 136 valence electrons. The zero-order valence-corrected chi connectivity index (χ0v) is 15.0. The van der Waals surface area contributed by atoms with Crippen LogP contribution >= 0.6 is 0 Å². The molecule has 1 aromatic heterocycles. The van der Waals surface area contributed by atoms with Gasteiger partial charge in [0.25, 0.3) is 10.2 Å². The molecule has 10 heteroatoms. The Hall–Kier alpha value is -2.17. The summed E-state index contributed by atoms with van der Waals surface area (Å²) in [6, 6.07) is 3.64. The van der Waals surface area contributed by atoms with Crippen molar-refractivity contribution < 1.29 is 17.9 Å². The Balaban J connectivity index is 1.98. The van der Waals surface area contributed by atoms with E-state index in [1.165, 1.54) is 10.6 Å². The Kier molecular flexibility index (Phi) is 4.93. The third-order valence-electron chi connectivity index (χ3n) is 4.23. The number of ether oxygens (including phenoxy) is 2. The minimum absolute atomic E-state index is 0.317. The molecule has 0 atom stereocenters. The van der Waals surface area contributed by atoms with Crippen LogP contribution in [0.3, 0.4) is 0 Å². The van der Waals surface area contributed by atoms with Crippen LogP contribution in [0.2, 0.25) is 0 Å². The number of rotatable bonds is 4. The topological polar surface area (TPSA) is 111 Å². The second-order valence-electron chi connectivity index (χ2n) is 5.71. The van der Waals surface area contributed by atoms with E-state index < -0.39 is 10.2 Å². The summed E-state index contributed by atoms with van der Waals surface area (Å²) in [4.78, 5) is 10.8. The second kappa shape index (κ2) is 6.98. The smallest absolute Gasteiger partial charge is 0.276 e. The molecule has 0 spiro atoms. The Bertz CT molecular complexity index is 874. The van der Waals surface area contributed by atoms with Gasteiger partial charge in [0.1, 0.15) is 12.1 Å². The minimum atomic E-state index is -3.68. The van der Waals surface area contributed by atoms with E-state index in [1.54, 1.807) is 20.3 Å². The number of hydrogen-bond acceptors (Lipinski definition) is 7. The van der Waals surface area contributed by atoms with E-state index in [0.717, 1.165) is 16.7 Å². The molecule has 0 bridgehead atoms. The summed E-state index contributed by atoms with van der Waals surface area (Å²) in [6.45, 7) is 1.89. The molecule has 9 nitrogen and oxygen atoms in total. The van der Waals surface area contributed by atoms with Crippen LogP contribution in [0.5, 0.6) is 11.5 Å². The van der Waals surface area contributed by atoms with Gasteiger partial charge in [-0.15, -0.1) is 0 Å². The van der Waals surface area contributed by atoms with Crippen LogP contribution < -0.4 is 19.5 Å². The maximum absolute atomic E-state index is 11.6. The van der Waals surface area contributed by atoms with Crippen LogP contribution in [0.25, 0.3) is 10.9 Å². The van der Waals surface area contributed by atoms with Crippen molar-refractivity contribution >= 4 is 26.9 Å². The molecule has 2 N–H and O–H groups in total. The first-order valence-corrected chi connectivity index (χ1v) is 9.34. The quantitative estimate of drug-likeness (QED) is 0.831. The number of benzene rings is 1. The normalized spacial score (nSPS) is 16.7. The van der Waals surface area contributed by atoms with Crippen LogP contribution in [0.4, 0.5) is 5.82 Å². The maximum atomic E-state index is 11.6. The predicted octanol–water partition coefficient (Wildman–Crippen LogP) is 0.363. The number of methoxy groups -OCH3 is 2. The molecule has 0 unspecified atom stereocenters. The van der Waals surface area contributed by atoms with Crippen molar-refractivity contribution in [1.29, 1.82) is 0 Å². The highest BCUT2D eigenvalue weighted by molar-refractivity contribution is 7.86. The molecule has 0 aliphatic carbocycles. The van der Waals surface area contributed by atoms with Crippen molar-refractivity contribution in [3.05, 3.63) is 18.5 Å². The largest absolute Gasteiger partial charge is 0.493 e. The highest BCUT2D eigenvalue weighted by atomic mass is 32.2. The van der Waals surface area contributed by atoms with Gasteiger partial charge in [0.15, 0.2) is 11.5 Å². The van der Waals surface area contributed by atoms with Gasteiger partial charge < -0.3 is 14.4 Å². The highest BCUT2D eigenvalue weighted by Crippen LogP contribution is 2.34. The zero-order chi connectivity index (χ0) is 18.0. The molecular formula is C15H21N5O4S. The van der Waals surface area contributed by atoms with E-state index in [2.05, 4.69) is 9.97 Å². The van der Waals surface area contributed by atoms with E-state index in [1.807, 2.05) is 11.0 Å². The summed E-state index contributed by atoms with van der Waals surface area (Å²) >= 11 is 0. The lowest BCUT2D eigenvalue weighted by molar-refractivity contribution is 0.356. The van der Waals surface area contributed by atoms with E-state index in [9.17, 15) is 8.42 Å². The molecule has 0 radical (unpaired) electrons. The zero-order valence-electron chi connectivity index (χ0n) is 14.2. The van der Waals surface area contributed by atoms with Crippen molar-refractivity contribution in [2.24, 2.45) is 5.14 Å². The lowest BCUT2D eigenvalue weighted by atomic mass is 10.2. The SMILES string of the molecule is COc1cc2ncnc(N3CCCN(S(N)(=O)=O)CC3)c2cc1OC. The Labute approximate surface area is 146 Å². The van der Waals surface area contributed by atoms with Gasteiger partial charge in [-0.05, 0) is 12.5 Å². The van der Waals surface area contributed by atoms with Crippen LogP contribution in [-0.2, 0) is 10.2 Å². The monoisotopic (exact) mass is 367 g/mol. The number of anilines is 1. The summed E-state index contributed by atoms with van der Waals surface area (Å²) in [5.41, 5.74) is 0.732. The molecule has 2 aromatic rings. The number of nitrogens with two attached hydrogens (primary N) is 1. The van der Waals surface area contributed by atoms with Crippen molar-refractivity contribution in [2.45, 2.75) is 6.42 Å². The molecular weight excluding hydrogens is 346 g/mol. The third-order valence-corrected chi connectivity index (χ3v) is 5.32. The Morgan fingerprint density at radius 2 is 1.76 bits per heavy atom. The van der Waals surface area contributed by atoms with Gasteiger partial charge in [-0.25, -0.2) is 15.1 Å². The molecule has 1 aliphatic heterocycles. The summed E-state index contributed by atoms with van der Waals surface area (Å²) in [5, 5.41) is 6.07. The maximum Gasteiger partial charge on any atom is 0.276 e. The molecule has 1 aromatic carbocycles. The predicted molar refractivity (Wildman–Crippen MR) is 94.2 cm³/mol. The number of aromatic nitrogens is 2. The van der Waals surface area contributed by atoms with Gasteiger partial charge in [0.2, 0.25) is 0 Å². The molecule has 2 heterocycles. The van der Waals surface area contributed by atoms with Crippen LogP contribution in [0.15, 0.2) is 18.5 Å². The average Bonchev–Trinajstić information content (AvgIpc) is 2.85. The van der Waals surface area contributed by atoms with Crippen LogP contribution in [0.1, 0.15) is 6.42 Å². The van der Waals surface area contributed by atoms with Gasteiger partial charge >= 0.3 is 0 Å². The Morgan fingerprint density at radius 1 is 1.04 bits per heavy atom. The van der Waals surface area contributed by atoms with E-state index in [4.69, 9.17) is 14.6 Å². The fraction of sp³-hybridized carbons (Fsp3) is 0.467. The molecule has 25 heavy (non-hydrogen) atoms. The van der Waals surface area contributed by atoms with Gasteiger partial charge in [-0.1, -0.05) is 0 Å². The fourth-order valence-corrected chi connectivity index (χ4v) is 3.70. The van der Waals surface area contributed by atoms with Crippen LogP contribution in [0, 0.1) is 0 Å². The van der Waals surface area contributed by atoms with Crippen molar-refractivity contribution in [3.8, 4) is 11.5 Å². The average molecular weight is 367 g/mol. The van der Waals surface area contributed by atoms with Gasteiger partial charge in [-0.3, -0.25) is 0 Å². The summed E-state index contributed by atoms with van der Waals surface area (Å²) < 4.78 is 35.1. The lowest BCUT2D eigenvalue weighted by Gasteiger charge is -2.23. The van der Waals surface area contributed by atoms with Crippen molar-refractivity contribution in [1.82, 2.24) is 14.3 Å². The van der Waals surface area contributed by atoms with Crippen molar-refractivity contribution in [3.63, 3.8) is 0 Å². The highest BCUT2D eigenvalue weighted by Gasteiger charge is 2.24. The summed E-state index contributed by atoms with van der Waals surface area (Å²) in [5.74, 6) is 1.92. The van der Waals surface area contributed by atoms with Crippen molar-refractivity contribution in [2.75, 3.05) is 45.3 Å². The standard InChI is InChI=1S/C15H21N5O4S/c1-23-13-8-11-12(9-14(13)24-2)17-10-18-15(11)19-4-3-5-20(7-6-19)25(16,21)22/h8-10H,3-7H2,1-2H3,(H2,16,21,22). The fourth-order valence-electron chi connectivity index (χ4n) is 2.98. The second-order valence-corrected chi connectivity index (χ2v) is 7.25. The molecule has 0 saturated carbocycles. The number of fused-ring (bicyclic) bond motifs is 1. The molecule has 1 aliphatic rings. The first-order valence-electron chi connectivity index (χ1n) is 7.83. The summed E-state index contributed by atoms with van der Waals surface area (Å²) in [6.07, 6.45) is 2.15. The van der Waals surface area contributed by atoms with Gasteiger partial charge in [0.05, 0.1) is 19.7 Å². The number of nitrogens with zero attached hydrogens (tertiary/aromatic N) is 4. The molecule has 0 amide bonds. The first-order chi connectivity index (χ1) is 11.9. The molecule has 1 fully saturated rings. The Morgan fingerprint density at radius 3 is 2.44 bits per heavy atom. The third kappa shape index (κ3) is 3.60. The lowest BCUT2D eigenvalue weighted by Crippen LogP contribution is -2.39. The van der Waals surface area contributed by atoms with Crippen LogP contribution in [-0.4, -0.2) is 63.1 Å². The van der Waals surface area contributed by atoms with E-state index in [0.29, 0.717) is 44.1 Å². The molecule has 1 saturated heterocycles. The summed E-state index contributed by atoms with van der Waals surface area (Å²) in [7, 11) is -0.535. The van der Waals surface area contributed by atoms with Gasteiger partial charge in [-0.2, -0.15) is 12.7 Å². The van der Waals surface area contributed by atoms with Gasteiger partial charge in [0, 0.05) is 37.6 Å². The van der Waals surface area contributed by atoms with E-state index >= 15 is 0 Å². The minimum Gasteiger partial charge on any atom is -0.493 e. The van der Waals surface area contributed by atoms with E-state index in [-0.39, 0.29) is 0 Å². The molecule has 3 rings (SSSR count). The first kappa shape index (κ1) is 17.6.